The van der Waals surface area contributed by atoms with E-state index in [0.717, 1.165) is 5.56 Å². The van der Waals surface area contributed by atoms with Crippen LogP contribution >= 0.6 is 27.5 Å². The zero-order chi connectivity index (χ0) is 16.6. The summed E-state index contributed by atoms with van der Waals surface area (Å²) >= 11 is 9.47. The van der Waals surface area contributed by atoms with E-state index in [9.17, 15) is 9.90 Å². The van der Waals surface area contributed by atoms with Crippen molar-refractivity contribution in [3.63, 3.8) is 0 Å². The summed E-state index contributed by atoms with van der Waals surface area (Å²) in [5.74, 6) is 0.338. The van der Waals surface area contributed by atoms with Crippen LogP contribution in [0.4, 0.5) is 10.6 Å². The molecule has 0 saturated heterocycles. The predicted molar refractivity (Wildman–Crippen MR) is 91.1 cm³/mol. The first-order valence-corrected chi connectivity index (χ1v) is 7.90. The molecule has 0 radical (unpaired) electrons. The van der Waals surface area contributed by atoms with Gasteiger partial charge in [0.1, 0.15) is 11.0 Å². The third-order valence-corrected chi connectivity index (χ3v) is 4.46. The van der Waals surface area contributed by atoms with Crippen LogP contribution in [-0.4, -0.2) is 25.8 Å². The topological polar surface area (TPSA) is 70.7 Å². The highest BCUT2D eigenvalue weighted by atomic mass is 79.9. The molecular weight excluding hydrogens is 384 g/mol. The molecule has 0 bridgehead atoms. The van der Waals surface area contributed by atoms with Gasteiger partial charge in [-0.1, -0.05) is 41.9 Å². The first-order chi connectivity index (χ1) is 11.0. The zero-order valence-electron chi connectivity index (χ0n) is 12.1. The normalized spacial score (nSPS) is 10.9. The molecule has 118 valence electrons. The second-order valence-corrected chi connectivity index (χ2v) is 6.11. The van der Waals surface area contributed by atoms with E-state index in [0.29, 0.717) is 21.6 Å². The summed E-state index contributed by atoms with van der Waals surface area (Å²) in [6.45, 7) is 1.99. The highest BCUT2D eigenvalue weighted by molar-refractivity contribution is 9.10. The van der Waals surface area contributed by atoms with E-state index in [1.807, 2.05) is 30.3 Å². The van der Waals surface area contributed by atoms with Crippen molar-refractivity contribution in [1.29, 1.82) is 0 Å². The minimum Gasteiger partial charge on any atom is -0.465 e. The Labute approximate surface area is 145 Å². The number of aryl methyl sites for hydroxylation is 1. The Morgan fingerprint density at radius 2 is 2.09 bits per heavy atom. The van der Waals surface area contributed by atoms with Crippen LogP contribution in [0, 0.1) is 6.92 Å². The number of aromatic nitrogens is 3. The van der Waals surface area contributed by atoms with Gasteiger partial charge in [-0.2, -0.15) is 9.61 Å². The molecule has 23 heavy (non-hydrogen) atoms. The van der Waals surface area contributed by atoms with Crippen LogP contribution in [0.25, 0.3) is 5.65 Å². The maximum atomic E-state index is 11.8. The van der Waals surface area contributed by atoms with Gasteiger partial charge >= 0.3 is 6.09 Å². The maximum absolute atomic E-state index is 11.8. The fraction of sp³-hybridized carbons (Fsp3) is 0.133. The number of benzene rings is 1. The highest BCUT2D eigenvalue weighted by Gasteiger charge is 2.22. The van der Waals surface area contributed by atoms with Gasteiger partial charge in [-0.05, 0) is 28.4 Å². The van der Waals surface area contributed by atoms with Crippen LogP contribution in [0.5, 0.6) is 0 Å². The fourth-order valence-corrected chi connectivity index (χ4v) is 2.77. The number of rotatable bonds is 3. The lowest BCUT2D eigenvalue weighted by Crippen LogP contribution is -2.30. The van der Waals surface area contributed by atoms with Gasteiger partial charge in [-0.15, -0.1) is 0 Å². The van der Waals surface area contributed by atoms with Gasteiger partial charge in [0, 0.05) is 6.07 Å². The van der Waals surface area contributed by atoms with Gasteiger partial charge in [0.25, 0.3) is 0 Å². The lowest BCUT2D eigenvalue weighted by Gasteiger charge is -2.20. The number of fused-ring (bicyclic) bond motifs is 1. The third-order valence-electron chi connectivity index (χ3n) is 3.33. The van der Waals surface area contributed by atoms with Gasteiger partial charge in [-0.25, -0.2) is 9.78 Å². The number of hydrogen-bond acceptors (Lipinski definition) is 3. The first kappa shape index (κ1) is 15.8. The summed E-state index contributed by atoms with van der Waals surface area (Å²) in [7, 11) is 0. The molecule has 0 aliphatic heterocycles. The van der Waals surface area contributed by atoms with Gasteiger partial charge in [0.05, 0.1) is 16.7 Å². The molecule has 0 aliphatic carbocycles. The molecule has 1 amide bonds. The number of carbonyl (C=O) groups is 1. The third kappa shape index (κ3) is 3.02. The van der Waals surface area contributed by atoms with E-state index in [2.05, 4.69) is 26.0 Å². The molecule has 6 nitrogen and oxygen atoms in total. The number of halogens is 2. The van der Waals surface area contributed by atoms with Crippen molar-refractivity contribution in [3.8, 4) is 0 Å². The quantitative estimate of drug-likeness (QED) is 0.677. The lowest BCUT2D eigenvalue weighted by molar-refractivity contribution is 0.201. The van der Waals surface area contributed by atoms with E-state index in [1.54, 1.807) is 6.92 Å². The molecule has 0 atom stereocenters. The summed E-state index contributed by atoms with van der Waals surface area (Å²) in [6.07, 6.45) is -1.10. The van der Waals surface area contributed by atoms with Crippen LogP contribution in [0.15, 0.2) is 40.9 Å². The van der Waals surface area contributed by atoms with E-state index in [1.165, 1.54) is 15.5 Å². The monoisotopic (exact) mass is 394 g/mol. The molecule has 3 rings (SSSR count). The minimum atomic E-state index is -1.10. The summed E-state index contributed by atoms with van der Waals surface area (Å²) < 4.78 is 2.16. The Hall–Kier alpha value is -2.12. The number of hydrogen-bond donors (Lipinski definition) is 1. The summed E-state index contributed by atoms with van der Waals surface area (Å²) in [6, 6.07) is 10.8. The van der Waals surface area contributed by atoms with E-state index in [4.69, 9.17) is 11.6 Å². The van der Waals surface area contributed by atoms with Crippen LogP contribution in [0.1, 0.15) is 11.3 Å². The van der Waals surface area contributed by atoms with Crippen molar-refractivity contribution in [2.75, 3.05) is 4.90 Å². The molecule has 1 aromatic carbocycles. The maximum Gasteiger partial charge on any atom is 0.413 e. The molecule has 0 spiro atoms. The minimum absolute atomic E-state index is 0.183. The molecule has 1 N–H and O–H groups in total. The molecular formula is C15H12BrClN4O2. The van der Waals surface area contributed by atoms with E-state index >= 15 is 0 Å². The average Bonchev–Trinajstić information content (AvgIpc) is 2.81. The van der Waals surface area contributed by atoms with Gasteiger partial charge in [-0.3, -0.25) is 4.90 Å². The van der Waals surface area contributed by atoms with Crippen LogP contribution in [-0.2, 0) is 6.54 Å². The summed E-state index contributed by atoms with van der Waals surface area (Å²) in [5, 5.41) is 14.2. The van der Waals surface area contributed by atoms with Crippen LogP contribution in [0.3, 0.4) is 0 Å². The second kappa shape index (κ2) is 6.17. The molecule has 0 fully saturated rings. The van der Waals surface area contributed by atoms with Crippen molar-refractivity contribution < 1.29 is 9.90 Å². The number of carboxylic acid groups (broad SMARTS) is 1. The van der Waals surface area contributed by atoms with Crippen molar-refractivity contribution in [3.05, 3.63) is 57.3 Å². The van der Waals surface area contributed by atoms with Gasteiger partial charge < -0.3 is 5.11 Å². The first-order valence-electron chi connectivity index (χ1n) is 6.73. The predicted octanol–water partition coefficient (Wildman–Crippen LogP) is 4.14. The second-order valence-electron chi connectivity index (χ2n) is 4.93. The molecule has 2 aromatic heterocycles. The lowest BCUT2D eigenvalue weighted by atomic mass is 10.2. The van der Waals surface area contributed by atoms with Crippen LogP contribution < -0.4 is 4.90 Å². The van der Waals surface area contributed by atoms with E-state index in [-0.39, 0.29) is 11.7 Å². The largest absolute Gasteiger partial charge is 0.465 e. The molecule has 0 unspecified atom stereocenters. The smallest absolute Gasteiger partial charge is 0.413 e. The Morgan fingerprint density at radius 1 is 1.39 bits per heavy atom. The van der Waals surface area contributed by atoms with Crippen molar-refractivity contribution in [1.82, 2.24) is 14.6 Å². The van der Waals surface area contributed by atoms with Crippen molar-refractivity contribution >= 4 is 45.1 Å². The molecule has 3 aromatic rings. The zero-order valence-corrected chi connectivity index (χ0v) is 14.4. The Balaban J connectivity index is 2.15. The SMILES string of the molecule is Cc1nn2c(N(Cc3ccccc3)C(=O)O)cc(Cl)nc2c1Br. The molecule has 2 heterocycles. The van der Waals surface area contributed by atoms with Gasteiger partial charge in [0.15, 0.2) is 5.65 Å². The van der Waals surface area contributed by atoms with Crippen LogP contribution in [0.2, 0.25) is 5.15 Å². The number of anilines is 1. The van der Waals surface area contributed by atoms with Crippen molar-refractivity contribution in [2.24, 2.45) is 0 Å². The van der Waals surface area contributed by atoms with E-state index < -0.39 is 6.09 Å². The number of nitrogens with zero attached hydrogens (tertiary/aromatic N) is 4. The fourth-order valence-electron chi connectivity index (χ4n) is 2.26. The summed E-state index contributed by atoms with van der Waals surface area (Å²) in [5.41, 5.74) is 2.04. The Kier molecular flexibility index (Phi) is 4.23. The highest BCUT2D eigenvalue weighted by Crippen LogP contribution is 2.28. The number of amides is 1. The molecule has 0 aliphatic rings. The summed E-state index contributed by atoms with van der Waals surface area (Å²) in [4.78, 5) is 17.2. The molecule has 0 saturated carbocycles. The average molecular weight is 396 g/mol. The van der Waals surface area contributed by atoms with Gasteiger partial charge in [0.2, 0.25) is 0 Å². The Morgan fingerprint density at radius 3 is 2.74 bits per heavy atom. The Bertz CT molecular complexity index is 882. The molecule has 8 heteroatoms. The standard InChI is InChI=1S/C15H12BrClN4O2/c1-9-13(16)14-18-11(17)7-12(21(14)19-9)20(15(22)23)8-10-5-3-2-4-6-10/h2-7H,8H2,1H3,(H,22,23). The van der Waals surface area contributed by atoms with Crippen molar-refractivity contribution in [2.45, 2.75) is 13.5 Å².